The molecule has 1 aromatic rings. The maximum absolute atomic E-state index is 5.73. The van der Waals surface area contributed by atoms with Crippen LogP contribution in [0.25, 0.3) is 0 Å². The second-order valence-electron chi connectivity index (χ2n) is 6.73. The number of guanidine groups is 1. The fourth-order valence-corrected chi connectivity index (χ4v) is 2.82. The van der Waals surface area contributed by atoms with Crippen LogP contribution in [0.2, 0.25) is 0 Å². The van der Waals surface area contributed by atoms with Gasteiger partial charge >= 0.3 is 0 Å². The molecule has 1 unspecified atom stereocenters. The first-order chi connectivity index (χ1) is 13.1. The highest BCUT2D eigenvalue weighted by Gasteiger charge is 2.08. The van der Waals surface area contributed by atoms with Gasteiger partial charge in [-0.1, -0.05) is 26.8 Å². The van der Waals surface area contributed by atoms with E-state index in [9.17, 15) is 0 Å². The van der Waals surface area contributed by atoms with Gasteiger partial charge in [0, 0.05) is 24.3 Å². The van der Waals surface area contributed by atoms with Crippen LogP contribution < -0.4 is 15.4 Å². The minimum Gasteiger partial charge on any atom is -0.477 e. The number of aliphatic imine (C=N–C) groups is 1. The molecule has 6 heteroatoms. The summed E-state index contributed by atoms with van der Waals surface area (Å²) < 4.78 is 5.73. The van der Waals surface area contributed by atoms with Gasteiger partial charge in [-0.05, 0) is 58.8 Å². The Morgan fingerprint density at radius 2 is 2.04 bits per heavy atom. The Labute approximate surface area is 165 Å². The van der Waals surface area contributed by atoms with Crippen LogP contribution in [0.15, 0.2) is 23.3 Å². The third kappa shape index (κ3) is 9.61. The molecule has 27 heavy (non-hydrogen) atoms. The second kappa shape index (κ2) is 14.3. The van der Waals surface area contributed by atoms with Crippen LogP contribution in [0, 0.1) is 0 Å². The van der Waals surface area contributed by atoms with Crippen molar-refractivity contribution in [2.45, 2.75) is 66.5 Å². The van der Waals surface area contributed by atoms with Gasteiger partial charge in [-0.3, -0.25) is 0 Å². The maximum atomic E-state index is 5.73. The van der Waals surface area contributed by atoms with Gasteiger partial charge in [-0.25, -0.2) is 9.98 Å². The molecule has 0 saturated carbocycles. The Bertz CT molecular complexity index is 531. The van der Waals surface area contributed by atoms with Crippen LogP contribution in [0.4, 0.5) is 0 Å². The summed E-state index contributed by atoms with van der Waals surface area (Å²) in [4.78, 5) is 11.5. The lowest BCUT2D eigenvalue weighted by Crippen LogP contribution is -2.42. The fraction of sp³-hybridized carbons (Fsp3) is 0.714. The van der Waals surface area contributed by atoms with Crippen LogP contribution in [0.5, 0.6) is 5.88 Å². The van der Waals surface area contributed by atoms with Gasteiger partial charge in [0.15, 0.2) is 5.96 Å². The number of aromatic nitrogens is 1. The van der Waals surface area contributed by atoms with E-state index in [1.807, 2.05) is 12.1 Å². The number of nitrogens with one attached hydrogen (secondary N) is 2. The van der Waals surface area contributed by atoms with E-state index in [1.54, 1.807) is 6.20 Å². The van der Waals surface area contributed by atoms with Crippen LogP contribution >= 0.6 is 0 Å². The molecule has 0 aromatic carbocycles. The van der Waals surface area contributed by atoms with Gasteiger partial charge in [-0.15, -0.1) is 0 Å². The molecule has 0 radical (unpaired) electrons. The van der Waals surface area contributed by atoms with Gasteiger partial charge in [0.1, 0.15) is 0 Å². The molecule has 0 fully saturated rings. The molecule has 0 aliphatic carbocycles. The topological polar surface area (TPSA) is 61.8 Å². The zero-order valence-electron chi connectivity index (χ0n) is 17.9. The molecule has 0 aliphatic rings. The molecule has 1 rings (SSSR count). The molecule has 0 spiro atoms. The number of rotatable bonds is 13. The minimum absolute atomic E-state index is 0.378. The molecule has 6 nitrogen and oxygen atoms in total. The monoisotopic (exact) mass is 377 g/mol. The summed E-state index contributed by atoms with van der Waals surface area (Å²) in [6.45, 7) is 16.3. The molecule has 1 heterocycles. The quantitative estimate of drug-likeness (QED) is 0.407. The average molecular weight is 378 g/mol. The van der Waals surface area contributed by atoms with Crippen molar-refractivity contribution in [3.63, 3.8) is 0 Å². The number of ether oxygens (including phenoxy) is 1. The molecule has 1 atom stereocenters. The van der Waals surface area contributed by atoms with E-state index in [-0.39, 0.29) is 0 Å². The highest BCUT2D eigenvalue weighted by atomic mass is 16.5. The molecule has 154 valence electrons. The number of nitrogens with zero attached hydrogens (tertiary/aromatic N) is 3. The molecular weight excluding hydrogens is 338 g/mol. The molecular formula is C21H39N5O. The first kappa shape index (κ1) is 23.2. The predicted octanol–water partition coefficient (Wildman–Crippen LogP) is 3.44. The summed E-state index contributed by atoms with van der Waals surface area (Å²) >= 11 is 0. The van der Waals surface area contributed by atoms with Crippen molar-refractivity contribution in [2.24, 2.45) is 4.99 Å². The Morgan fingerprint density at radius 1 is 1.26 bits per heavy atom. The molecule has 0 bridgehead atoms. The summed E-state index contributed by atoms with van der Waals surface area (Å²) in [5.41, 5.74) is 1.01. The van der Waals surface area contributed by atoms with Gasteiger partial charge in [0.05, 0.1) is 13.2 Å². The van der Waals surface area contributed by atoms with E-state index < -0.39 is 0 Å². The lowest BCUT2D eigenvalue weighted by atomic mass is 10.2. The molecule has 1 aromatic heterocycles. The maximum Gasteiger partial charge on any atom is 0.218 e. The standard InChI is InChI=1S/C21H39N5O/c1-6-16-27-20-19(13-10-14-23-20)17-24-21(22-7-2)25-18(5)12-11-15-26(8-3)9-4/h10,13-14,18H,6-9,11-12,15-17H2,1-5H3,(H2,22,24,25). The van der Waals surface area contributed by atoms with Crippen molar-refractivity contribution in [3.05, 3.63) is 23.9 Å². The van der Waals surface area contributed by atoms with E-state index in [0.717, 1.165) is 50.5 Å². The number of hydrogen-bond donors (Lipinski definition) is 2. The van der Waals surface area contributed by atoms with Crippen molar-refractivity contribution >= 4 is 5.96 Å². The van der Waals surface area contributed by atoms with Gasteiger partial charge in [0.25, 0.3) is 0 Å². The second-order valence-corrected chi connectivity index (χ2v) is 6.73. The lowest BCUT2D eigenvalue weighted by Gasteiger charge is -2.21. The van der Waals surface area contributed by atoms with Crippen molar-refractivity contribution in [1.82, 2.24) is 20.5 Å². The van der Waals surface area contributed by atoms with Crippen LogP contribution in [0.1, 0.15) is 59.4 Å². The Hall–Kier alpha value is -1.82. The number of pyridine rings is 1. The Balaban J connectivity index is 2.59. The Kier molecular flexibility index (Phi) is 12.3. The van der Waals surface area contributed by atoms with Gasteiger partial charge < -0.3 is 20.3 Å². The van der Waals surface area contributed by atoms with Crippen LogP contribution in [0.3, 0.4) is 0 Å². The van der Waals surface area contributed by atoms with E-state index in [4.69, 9.17) is 9.73 Å². The normalized spacial score (nSPS) is 12.9. The van der Waals surface area contributed by atoms with Crippen molar-refractivity contribution in [3.8, 4) is 5.88 Å². The molecule has 2 N–H and O–H groups in total. The number of hydrogen-bond acceptors (Lipinski definition) is 4. The Morgan fingerprint density at radius 3 is 2.70 bits per heavy atom. The smallest absolute Gasteiger partial charge is 0.218 e. The van der Waals surface area contributed by atoms with E-state index in [1.165, 1.54) is 6.42 Å². The third-order valence-electron chi connectivity index (χ3n) is 4.43. The van der Waals surface area contributed by atoms with E-state index in [0.29, 0.717) is 25.1 Å². The van der Waals surface area contributed by atoms with Gasteiger partial charge in [0.2, 0.25) is 5.88 Å². The first-order valence-electron chi connectivity index (χ1n) is 10.5. The molecule has 0 amide bonds. The first-order valence-corrected chi connectivity index (χ1v) is 10.5. The zero-order chi connectivity index (χ0) is 19.9. The average Bonchev–Trinajstić information content (AvgIpc) is 2.68. The minimum atomic E-state index is 0.378. The van der Waals surface area contributed by atoms with Crippen molar-refractivity contribution < 1.29 is 4.74 Å². The van der Waals surface area contributed by atoms with Crippen LogP contribution in [-0.2, 0) is 6.54 Å². The predicted molar refractivity (Wildman–Crippen MR) is 114 cm³/mol. The van der Waals surface area contributed by atoms with Crippen molar-refractivity contribution in [1.29, 1.82) is 0 Å². The summed E-state index contributed by atoms with van der Waals surface area (Å²) in [6, 6.07) is 4.33. The SMILES string of the molecule is CCCOc1ncccc1CN=C(NCC)NC(C)CCCN(CC)CC. The lowest BCUT2D eigenvalue weighted by molar-refractivity contribution is 0.292. The summed E-state index contributed by atoms with van der Waals surface area (Å²) in [7, 11) is 0. The highest BCUT2D eigenvalue weighted by molar-refractivity contribution is 5.80. The largest absolute Gasteiger partial charge is 0.477 e. The summed E-state index contributed by atoms with van der Waals surface area (Å²) in [5.74, 6) is 1.53. The van der Waals surface area contributed by atoms with Crippen LogP contribution in [-0.4, -0.2) is 54.7 Å². The summed E-state index contributed by atoms with van der Waals surface area (Å²) in [6.07, 6.45) is 5.04. The van der Waals surface area contributed by atoms with E-state index in [2.05, 4.69) is 55.1 Å². The molecule has 0 saturated heterocycles. The fourth-order valence-electron chi connectivity index (χ4n) is 2.82. The molecule has 0 aliphatic heterocycles. The van der Waals surface area contributed by atoms with Crippen molar-refractivity contribution in [2.75, 3.05) is 32.8 Å². The summed E-state index contributed by atoms with van der Waals surface area (Å²) in [5, 5.41) is 6.85. The van der Waals surface area contributed by atoms with E-state index >= 15 is 0 Å². The highest BCUT2D eigenvalue weighted by Crippen LogP contribution is 2.15. The zero-order valence-corrected chi connectivity index (χ0v) is 17.9. The third-order valence-corrected chi connectivity index (χ3v) is 4.43. The van der Waals surface area contributed by atoms with Gasteiger partial charge in [-0.2, -0.15) is 0 Å².